The molecule has 0 radical (unpaired) electrons. The Morgan fingerprint density at radius 3 is 2.54 bits per heavy atom. The van der Waals surface area contributed by atoms with Crippen LogP contribution in [0.4, 0.5) is 11.5 Å². The fourth-order valence-corrected chi connectivity index (χ4v) is 2.36. The fraction of sp³-hybridized carbons (Fsp3) is 0.176. The van der Waals surface area contributed by atoms with Crippen LogP contribution in [0.15, 0.2) is 48.5 Å². The summed E-state index contributed by atoms with van der Waals surface area (Å²) < 4.78 is 0. The van der Waals surface area contributed by atoms with Gasteiger partial charge in [0.25, 0.3) is 5.69 Å². The third-order valence-corrected chi connectivity index (χ3v) is 3.57. The summed E-state index contributed by atoms with van der Waals surface area (Å²) in [7, 11) is 0. The Kier molecular flexibility index (Phi) is 4.62. The second-order valence-electron chi connectivity index (χ2n) is 5.22. The molecule has 0 aliphatic rings. The van der Waals surface area contributed by atoms with Gasteiger partial charge in [-0.25, -0.2) is 9.97 Å². The number of aliphatic hydroxyl groups excluding tert-OH is 1. The number of nitro benzene ring substituents is 1. The molecule has 0 atom stereocenters. The maximum absolute atomic E-state index is 10.8. The number of rotatable bonds is 6. The largest absolute Gasteiger partial charge is 0.396 e. The van der Waals surface area contributed by atoms with Crippen molar-refractivity contribution in [2.24, 2.45) is 0 Å². The molecule has 0 aliphatic carbocycles. The lowest BCUT2D eigenvalue weighted by atomic mass is 10.1. The Balaban J connectivity index is 2.02. The summed E-state index contributed by atoms with van der Waals surface area (Å²) in [5.41, 5.74) is 1.52. The molecule has 1 aromatic heterocycles. The van der Waals surface area contributed by atoms with Gasteiger partial charge >= 0.3 is 0 Å². The standard InChI is InChI=1S/C17H16N4O3/c22-11-3-10-18-17-14-4-1-2-5-15(14)19-16(20-17)12-6-8-13(9-7-12)21(23)24/h1-2,4-9,22H,3,10-11H2,(H,18,19,20). The molecular weight excluding hydrogens is 308 g/mol. The molecule has 3 aromatic rings. The van der Waals surface area contributed by atoms with E-state index in [-0.39, 0.29) is 12.3 Å². The monoisotopic (exact) mass is 324 g/mol. The van der Waals surface area contributed by atoms with E-state index in [0.717, 1.165) is 10.9 Å². The molecule has 7 nitrogen and oxygen atoms in total. The number of hydrogen-bond acceptors (Lipinski definition) is 6. The lowest BCUT2D eigenvalue weighted by molar-refractivity contribution is -0.384. The van der Waals surface area contributed by atoms with Crippen molar-refractivity contribution in [1.29, 1.82) is 0 Å². The van der Waals surface area contributed by atoms with Crippen molar-refractivity contribution in [3.63, 3.8) is 0 Å². The van der Waals surface area contributed by atoms with Crippen LogP contribution < -0.4 is 5.32 Å². The van der Waals surface area contributed by atoms with Crippen molar-refractivity contribution >= 4 is 22.4 Å². The first kappa shape index (κ1) is 15.8. The van der Waals surface area contributed by atoms with Gasteiger partial charge in [-0.1, -0.05) is 12.1 Å². The molecule has 0 fully saturated rings. The molecule has 7 heteroatoms. The molecule has 0 spiro atoms. The maximum Gasteiger partial charge on any atom is 0.269 e. The van der Waals surface area contributed by atoms with Crippen molar-refractivity contribution in [1.82, 2.24) is 9.97 Å². The Morgan fingerprint density at radius 1 is 1.08 bits per heavy atom. The van der Waals surface area contributed by atoms with E-state index in [4.69, 9.17) is 5.11 Å². The van der Waals surface area contributed by atoms with E-state index in [1.165, 1.54) is 12.1 Å². The predicted molar refractivity (Wildman–Crippen MR) is 91.8 cm³/mol. The van der Waals surface area contributed by atoms with E-state index in [1.807, 2.05) is 24.3 Å². The molecule has 122 valence electrons. The van der Waals surface area contributed by atoms with Crippen LogP contribution in [0.1, 0.15) is 6.42 Å². The van der Waals surface area contributed by atoms with E-state index in [2.05, 4.69) is 15.3 Å². The summed E-state index contributed by atoms with van der Waals surface area (Å²) in [5.74, 6) is 1.18. The van der Waals surface area contributed by atoms with Crippen molar-refractivity contribution in [2.75, 3.05) is 18.5 Å². The number of non-ortho nitro benzene ring substituents is 1. The number of nitrogens with one attached hydrogen (secondary N) is 1. The van der Waals surface area contributed by atoms with Gasteiger partial charge in [0.1, 0.15) is 5.82 Å². The van der Waals surface area contributed by atoms with E-state index < -0.39 is 4.92 Å². The molecule has 0 amide bonds. The van der Waals surface area contributed by atoms with E-state index in [1.54, 1.807) is 12.1 Å². The minimum atomic E-state index is -0.438. The van der Waals surface area contributed by atoms with E-state index in [9.17, 15) is 10.1 Å². The zero-order valence-electron chi connectivity index (χ0n) is 12.8. The van der Waals surface area contributed by atoms with Gasteiger partial charge < -0.3 is 10.4 Å². The molecule has 0 aliphatic heterocycles. The highest BCUT2D eigenvalue weighted by atomic mass is 16.6. The van der Waals surface area contributed by atoms with Crippen LogP contribution in [0.3, 0.4) is 0 Å². The first-order valence-electron chi connectivity index (χ1n) is 7.55. The minimum absolute atomic E-state index is 0.0285. The van der Waals surface area contributed by atoms with Gasteiger partial charge in [0, 0.05) is 36.2 Å². The lowest BCUT2D eigenvalue weighted by Gasteiger charge is -2.10. The zero-order chi connectivity index (χ0) is 16.9. The summed E-state index contributed by atoms with van der Waals surface area (Å²) in [5, 5.41) is 23.8. The summed E-state index contributed by atoms with van der Waals surface area (Å²) in [6.45, 7) is 0.697. The average molecular weight is 324 g/mol. The molecule has 1 heterocycles. The Labute approximate surface area is 138 Å². The number of para-hydroxylation sites is 1. The summed E-state index contributed by atoms with van der Waals surface area (Å²) in [6, 6.07) is 13.8. The lowest BCUT2D eigenvalue weighted by Crippen LogP contribution is -2.07. The van der Waals surface area contributed by atoms with Crippen molar-refractivity contribution in [2.45, 2.75) is 6.42 Å². The van der Waals surface area contributed by atoms with Gasteiger partial charge in [0.15, 0.2) is 5.82 Å². The van der Waals surface area contributed by atoms with Crippen molar-refractivity contribution in [3.05, 3.63) is 58.6 Å². The molecule has 3 rings (SSSR count). The molecule has 0 saturated heterocycles. The molecule has 0 saturated carbocycles. The fourth-order valence-electron chi connectivity index (χ4n) is 2.36. The van der Waals surface area contributed by atoms with Crippen LogP contribution in [0.5, 0.6) is 0 Å². The van der Waals surface area contributed by atoms with Gasteiger partial charge in [0.2, 0.25) is 0 Å². The number of hydrogen-bond donors (Lipinski definition) is 2. The smallest absolute Gasteiger partial charge is 0.269 e. The van der Waals surface area contributed by atoms with Crippen LogP contribution in [-0.4, -0.2) is 33.1 Å². The van der Waals surface area contributed by atoms with Crippen LogP contribution >= 0.6 is 0 Å². The quantitative estimate of drug-likeness (QED) is 0.410. The van der Waals surface area contributed by atoms with Gasteiger partial charge in [-0.15, -0.1) is 0 Å². The normalized spacial score (nSPS) is 10.7. The highest BCUT2D eigenvalue weighted by Gasteiger charge is 2.11. The zero-order valence-corrected chi connectivity index (χ0v) is 12.8. The molecule has 2 aromatic carbocycles. The Hall–Kier alpha value is -3.06. The molecule has 0 unspecified atom stereocenters. The van der Waals surface area contributed by atoms with Crippen LogP contribution in [0.2, 0.25) is 0 Å². The first-order chi connectivity index (χ1) is 11.7. The average Bonchev–Trinajstić information content (AvgIpc) is 2.62. The van der Waals surface area contributed by atoms with Crippen LogP contribution in [0.25, 0.3) is 22.3 Å². The number of nitro groups is 1. The van der Waals surface area contributed by atoms with Crippen LogP contribution in [-0.2, 0) is 0 Å². The second kappa shape index (κ2) is 7.01. The summed E-state index contributed by atoms with van der Waals surface area (Å²) in [6.07, 6.45) is 0.616. The van der Waals surface area contributed by atoms with E-state index in [0.29, 0.717) is 30.2 Å². The molecule has 2 N–H and O–H groups in total. The van der Waals surface area contributed by atoms with Gasteiger partial charge in [-0.3, -0.25) is 10.1 Å². The number of benzene rings is 2. The van der Waals surface area contributed by atoms with Crippen molar-refractivity contribution < 1.29 is 10.0 Å². The number of nitrogens with zero attached hydrogens (tertiary/aromatic N) is 3. The Morgan fingerprint density at radius 2 is 1.83 bits per heavy atom. The van der Waals surface area contributed by atoms with Crippen molar-refractivity contribution in [3.8, 4) is 11.4 Å². The summed E-state index contributed by atoms with van der Waals surface area (Å²) >= 11 is 0. The van der Waals surface area contributed by atoms with Crippen LogP contribution in [0, 0.1) is 10.1 Å². The molecule has 24 heavy (non-hydrogen) atoms. The van der Waals surface area contributed by atoms with Gasteiger partial charge in [-0.05, 0) is 30.7 Å². The van der Waals surface area contributed by atoms with E-state index >= 15 is 0 Å². The highest BCUT2D eigenvalue weighted by molar-refractivity contribution is 5.90. The third-order valence-electron chi connectivity index (χ3n) is 3.57. The second-order valence-corrected chi connectivity index (χ2v) is 5.22. The number of fused-ring (bicyclic) bond motifs is 1. The maximum atomic E-state index is 10.8. The highest BCUT2D eigenvalue weighted by Crippen LogP contribution is 2.26. The first-order valence-corrected chi connectivity index (χ1v) is 7.55. The molecular formula is C17H16N4O3. The third kappa shape index (κ3) is 3.31. The van der Waals surface area contributed by atoms with Gasteiger partial charge in [0.05, 0.1) is 10.4 Å². The number of aromatic nitrogens is 2. The SMILES string of the molecule is O=[N+]([O-])c1ccc(-c2nc(NCCCO)c3ccccc3n2)cc1. The predicted octanol–water partition coefficient (Wildman–Crippen LogP) is 3.00. The van der Waals surface area contributed by atoms with Gasteiger partial charge in [-0.2, -0.15) is 0 Å². The topological polar surface area (TPSA) is 101 Å². The Bertz CT molecular complexity index is 865. The summed E-state index contributed by atoms with van der Waals surface area (Å²) in [4.78, 5) is 19.4. The number of aliphatic hydroxyl groups is 1. The molecule has 0 bridgehead atoms. The minimum Gasteiger partial charge on any atom is -0.396 e. The number of anilines is 1.